The highest BCUT2D eigenvalue weighted by Gasteiger charge is 2.55. The maximum atomic E-state index is 13.3. The number of carbonyl (C=O) groups excluding carboxylic acids is 2. The van der Waals surface area contributed by atoms with Crippen molar-refractivity contribution in [3.8, 4) is 23.0 Å². The normalized spacial score (nSPS) is 15.1. The molecule has 0 aromatic heterocycles. The number of ether oxygens (including phenoxy) is 2. The van der Waals surface area contributed by atoms with Crippen molar-refractivity contribution in [2.24, 2.45) is 5.41 Å². The summed E-state index contributed by atoms with van der Waals surface area (Å²) < 4.78 is 11.8. The van der Waals surface area contributed by atoms with Gasteiger partial charge in [-0.2, -0.15) is 0 Å². The standard InChI is InChI=1S/C26H20O8/c1-25(2,3)22(29)14-6-9-17-21(20(14)23(30)31)24(32)34-26(17)15-7-4-12(27)10-18(15)33-19-11-13(28)5-8-16(19)26/h4-11,27-28H,1-3H3,(H,30,31). The van der Waals surface area contributed by atoms with Crippen LogP contribution in [0.1, 0.15) is 68.5 Å². The van der Waals surface area contributed by atoms with Crippen LogP contribution in [-0.4, -0.2) is 33.0 Å². The van der Waals surface area contributed by atoms with E-state index >= 15 is 0 Å². The van der Waals surface area contributed by atoms with Gasteiger partial charge in [0, 0.05) is 39.8 Å². The highest BCUT2D eigenvalue weighted by atomic mass is 16.6. The summed E-state index contributed by atoms with van der Waals surface area (Å²) in [6.45, 7) is 4.99. The van der Waals surface area contributed by atoms with Gasteiger partial charge in [0.15, 0.2) is 11.4 Å². The zero-order chi connectivity index (χ0) is 24.6. The lowest BCUT2D eigenvalue weighted by Crippen LogP contribution is -2.33. The monoisotopic (exact) mass is 460 g/mol. The minimum Gasteiger partial charge on any atom is -0.508 e. The molecule has 2 aliphatic heterocycles. The fraction of sp³-hybridized carbons (Fsp3) is 0.192. The van der Waals surface area contributed by atoms with Crippen molar-refractivity contribution in [1.82, 2.24) is 0 Å². The van der Waals surface area contributed by atoms with Gasteiger partial charge in [-0.25, -0.2) is 9.59 Å². The summed E-state index contributed by atoms with van der Waals surface area (Å²) in [6, 6.07) is 11.4. The fourth-order valence-corrected chi connectivity index (χ4v) is 4.60. The van der Waals surface area contributed by atoms with Crippen LogP contribution in [-0.2, 0) is 10.3 Å². The zero-order valence-electron chi connectivity index (χ0n) is 18.5. The molecule has 0 amide bonds. The number of fused-ring (bicyclic) bond motifs is 6. The van der Waals surface area contributed by atoms with Crippen LogP contribution in [0.4, 0.5) is 0 Å². The Labute approximate surface area is 194 Å². The van der Waals surface area contributed by atoms with Crippen molar-refractivity contribution < 1.29 is 39.2 Å². The first kappa shape index (κ1) is 21.5. The summed E-state index contributed by atoms with van der Waals surface area (Å²) >= 11 is 0. The van der Waals surface area contributed by atoms with E-state index in [1.807, 2.05) is 0 Å². The van der Waals surface area contributed by atoms with Crippen molar-refractivity contribution in [1.29, 1.82) is 0 Å². The second-order valence-electron chi connectivity index (χ2n) is 9.33. The Hall–Kier alpha value is -4.33. The van der Waals surface area contributed by atoms with E-state index in [1.54, 1.807) is 20.8 Å². The Balaban J connectivity index is 1.88. The number of carboxylic acids is 1. The molecule has 0 fully saturated rings. The summed E-state index contributed by atoms with van der Waals surface area (Å²) in [5, 5.41) is 30.1. The molecule has 3 aromatic carbocycles. The van der Waals surface area contributed by atoms with Crippen molar-refractivity contribution in [3.63, 3.8) is 0 Å². The van der Waals surface area contributed by atoms with Gasteiger partial charge in [0.05, 0.1) is 11.1 Å². The summed E-state index contributed by atoms with van der Waals surface area (Å²) in [7, 11) is 0. The number of phenols is 2. The Morgan fingerprint density at radius 1 is 0.853 bits per heavy atom. The molecule has 0 unspecified atom stereocenters. The van der Waals surface area contributed by atoms with Gasteiger partial charge in [0.1, 0.15) is 23.0 Å². The number of rotatable bonds is 2. The summed E-state index contributed by atoms with van der Waals surface area (Å²) in [6.07, 6.45) is 0. The molecule has 172 valence electrons. The van der Waals surface area contributed by atoms with Crippen molar-refractivity contribution in [2.45, 2.75) is 26.4 Å². The number of esters is 1. The van der Waals surface area contributed by atoms with Crippen LogP contribution in [0.15, 0.2) is 48.5 Å². The number of phenolic OH excluding ortho intramolecular Hbond substituents is 2. The third kappa shape index (κ3) is 2.81. The molecule has 2 aliphatic rings. The molecule has 0 radical (unpaired) electrons. The van der Waals surface area contributed by atoms with Crippen LogP contribution in [0, 0.1) is 5.41 Å². The summed E-state index contributed by atoms with van der Waals surface area (Å²) in [5.41, 5.74) is -2.27. The van der Waals surface area contributed by atoms with Crippen LogP contribution in [0.5, 0.6) is 23.0 Å². The number of aromatic carboxylic acids is 1. The molecule has 0 saturated heterocycles. The van der Waals surface area contributed by atoms with Gasteiger partial charge < -0.3 is 24.8 Å². The quantitative estimate of drug-likeness (QED) is 0.374. The number of ketones is 1. The molecule has 3 N–H and O–H groups in total. The Morgan fingerprint density at radius 2 is 1.38 bits per heavy atom. The molecular formula is C26H20O8. The highest BCUT2D eigenvalue weighted by molar-refractivity contribution is 6.15. The Kier molecular flexibility index (Phi) is 4.32. The molecule has 34 heavy (non-hydrogen) atoms. The van der Waals surface area contributed by atoms with E-state index < -0.39 is 34.3 Å². The number of Topliss-reactive ketones (excluding diaryl/α,β-unsaturated/α-hetero) is 1. The van der Waals surface area contributed by atoms with Gasteiger partial charge >= 0.3 is 11.9 Å². The second-order valence-corrected chi connectivity index (χ2v) is 9.33. The van der Waals surface area contributed by atoms with E-state index in [0.717, 1.165) is 0 Å². The average molecular weight is 460 g/mol. The fourth-order valence-electron chi connectivity index (χ4n) is 4.60. The topological polar surface area (TPSA) is 130 Å². The number of hydrogen-bond donors (Lipinski definition) is 3. The SMILES string of the molecule is CC(C)(C)C(=O)c1ccc2c(c1C(=O)O)C(=O)OC21c2ccc(O)cc2Oc2cc(O)ccc21. The molecular weight excluding hydrogens is 440 g/mol. The molecule has 8 heteroatoms. The maximum Gasteiger partial charge on any atom is 0.341 e. The number of aromatic hydroxyl groups is 2. The van der Waals surface area contributed by atoms with Crippen molar-refractivity contribution in [3.05, 3.63) is 81.9 Å². The second kappa shape index (κ2) is 6.84. The lowest BCUT2D eigenvalue weighted by atomic mass is 9.75. The van der Waals surface area contributed by atoms with Crippen molar-refractivity contribution >= 4 is 17.7 Å². The summed E-state index contributed by atoms with van der Waals surface area (Å²) in [4.78, 5) is 38.7. The predicted molar refractivity (Wildman–Crippen MR) is 119 cm³/mol. The number of hydrogen-bond acceptors (Lipinski definition) is 7. The molecule has 0 saturated carbocycles. The molecule has 3 aromatic rings. The van der Waals surface area contributed by atoms with Crippen LogP contribution in [0.25, 0.3) is 0 Å². The van der Waals surface area contributed by atoms with Gasteiger partial charge in [-0.05, 0) is 24.3 Å². The van der Waals surface area contributed by atoms with Gasteiger partial charge in [-0.15, -0.1) is 0 Å². The first-order valence-electron chi connectivity index (χ1n) is 10.5. The lowest BCUT2D eigenvalue weighted by molar-refractivity contribution is 0.0222. The maximum absolute atomic E-state index is 13.3. The molecule has 8 nitrogen and oxygen atoms in total. The zero-order valence-corrected chi connectivity index (χ0v) is 18.5. The van der Waals surface area contributed by atoms with Gasteiger partial charge in [-0.1, -0.05) is 32.9 Å². The lowest BCUT2D eigenvalue weighted by Gasteiger charge is -2.36. The summed E-state index contributed by atoms with van der Waals surface area (Å²) in [5.74, 6) is -2.61. The van der Waals surface area contributed by atoms with E-state index in [4.69, 9.17) is 9.47 Å². The third-order valence-electron chi connectivity index (χ3n) is 6.08. The Morgan fingerprint density at radius 3 is 1.88 bits per heavy atom. The number of carboxylic acid groups (broad SMARTS) is 1. The van der Waals surface area contributed by atoms with E-state index in [1.165, 1.54) is 48.5 Å². The van der Waals surface area contributed by atoms with E-state index in [-0.39, 0.29) is 39.7 Å². The first-order chi connectivity index (χ1) is 15.9. The molecule has 5 rings (SSSR count). The number of benzene rings is 3. The van der Waals surface area contributed by atoms with Gasteiger partial charge in [-0.3, -0.25) is 4.79 Å². The number of carbonyl (C=O) groups is 3. The molecule has 2 heterocycles. The third-order valence-corrected chi connectivity index (χ3v) is 6.08. The van der Waals surface area contributed by atoms with E-state index in [0.29, 0.717) is 11.1 Å². The van der Waals surface area contributed by atoms with E-state index in [2.05, 4.69) is 0 Å². The first-order valence-corrected chi connectivity index (χ1v) is 10.5. The minimum absolute atomic E-state index is 0.0864. The smallest absolute Gasteiger partial charge is 0.341 e. The minimum atomic E-state index is -1.61. The van der Waals surface area contributed by atoms with Crippen LogP contribution in [0.2, 0.25) is 0 Å². The van der Waals surface area contributed by atoms with Crippen LogP contribution in [0.3, 0.4) is 0 Å². The molecule has 1 spiro atoms. The van der Waals surface area contributed by atoms with Gasteiger partial charge in [0.25, 0.3) is 0 Å². The van der Waals surface area contributed by atoms with Crippen molar-refractivity contribution in [2.75, 3.05) is 0 Å². The molecule has 0 atom stereocenters. The molecule has 0 bridgehead atoms. The van der Waals surface area contributed by atoms with E-state index in [9.17, 15) is 29.7 Å². The van der Waals surface area contributed by atoms with Crippen LogP contribution < -0.4 is 4.74 Å². The molecule has 0 aliphatic carbocycles. The average Bonchev–Trinajstić information content (AvgIpc) is 3.04. The van der Waals surface area contributed by atoms with Crippen LogP contribution >= 0.6 is 0 Å². The predicted octanol–water partition coefficient (Wildman–Crippen LogP) is 4.59. The largest absolute Gasteiger partial charge is 0.508 e. The highest BCUT2D eigenvalue weighted by Crippen LogP contribution is 2.57. The Bertz CT molecular complexity index is 1380. The van der Waals surface area contributed by atoms with Gasteiger partial charge in [0.2, 0.25) is 0 Å².